The molecule has 1 aliphatic heterocycles. The summed E-state index contributed by atoms with van der Waals surface area (Å²) in [4.78, 5) is 20.3. The average Bonchev–Trinajstić information content (AvgIpc) is 2.65. The van der Waals surface area contributed by atoms with Crippen LogP contribution in [0.3, 0.4) is 0 Å². The van der Waals surface area contributed by atoms with Crippen LogP contribution < -0.4 is 16.4 Å². The number of piperazine rings is 1. The number of nitrogens with two attached hydrogens (primary N) is 2. The Hall–Kier alpha value is -2.02. The summed E-state index contributed by atoms with van der Waals surface area (Å²) in [5, 5.41) is 1.13. The van der Waals surface area contributed by atoms with Crippen LogP contribution in [-0.2, 0) is 6.54 Å². The van der Waals surface area contributed by atoms with Crippen molar-refractivity contribution >= 4 is 40.7 Å². The second-order valence-electron chi connectivity index (χ2n) is 6.70. The minimum absolute atomic E-state index is 0.110. The lowest BCUT2D eigenvalue weighted by atomic mass is 10.1. The van der Waals surface area contributed by atoms with Gasteiger partial charge in [0, 0.05) is 37.2 Å². The fourth-order valence-electron chi connectivity index (χ4n) is 3.42. The highest BCUT2D eigenvalue weighted by Gasteiger charge is 2.28. The zero-order valence-electron chi connectivity index (χ0n) is 15.2. The van der Waals surface area contributed by atoms with Crippen LogP contribution in [0.1, 0.15) is 29.3 Å². The van der Waals surface area contributed by atoms with Crippen molar-refractivity contribution in [1.29, 1.82) is 0 Å². The van der Waals surface area contributed by atoms with Crippen molar-refractivity contribution in [2.75, 3.05) is 30.3 Å². The highest BCUT2D eigenvalue weighted by Crippen LogP contribution is 2.30. The Kier molecular flexibility index (Phi) is 6.09. The smallest absolute Gasteiger partial charge is 0.252 e. The number of carbonyl (C=O) groups is 1. The lowest BCUT2D eigenvalue weighted by Crippen LogP contribution is -2.52. The summed E-state index contributed by atoms with van der Waals surface area (Å²) in [5.41, 5.74) is 12.6. The molecule has 6 nitrogen and oxygen atoms in total. The van der Waals surface area contributed by atoms with Gasteiger partial charge in [-0.2, -0.15) is 0 Å². The molecule has 27 heavy (non-hydrogen) atoms. The quantitative estimate of drug-likeness (QED) is 0.794. The summed E-state index contributed by atoms with van der Waals surface area (Å²) in [5.74, 6) is 0.0787. The van der Waals surface area contributed by atoms with Crippen LogP contribution in [0.4, 0.5) is 11.6 Å². The van der Waals surface area contributed by atoms with Crippen molar-refractivity contribution in [3.05, 3.63) is 51.5 Å². The number of amides is 1. The predicted molar refractivity (Wildman–Crippen MR) is 110 cm³/mol. The van der Waals surface area contributed by atoms with Gasteiger partial charge in [0.2, 0.25) is 0 Å². The van der Waals surface area contributed by atoms with E-state index in [1.165, 1.54) is 11.6 Å². The first-order valence-electron chi connectivity index (χ1n) is 8.88. The summed E-state index contributed by atoms with van der Waals surface area (Å²) in [6.45, 7) is 5.46. The van der Waals surface area contributed by atoms with Crippen LogP contribution in [-0.4, -0.2) is 41.5 Å². The number of benzene rings is 1. The van der Waals surface area contributed by atoms with Gasteiger partial charge in [0.15, 0.2) is 0 Å². The Morgan fingerprint density at radius 1 is 1.26 bits per heavy atom. The van der Waals surface area contributed by atoms with Crippen molar-refractivity contribution in [2.45, 2.75) is 25.9 Å². The molecule has 1 aromatic carbocycles. The first-order chi connectivity index (χ1) is 12.9. The normalized spacial score (nSPS) is 17.9. The molecule has 0 aliphatic carbocycles. The molecule has 2 heterocycles. The molecule has 144 valence electrons. The standard InChI is InChI=1S/C19H23Cl2N5O/c1-2-14-11-26(19-16(21)9-15(18(23)27)17(22)24-19)8-7-25(14)10-12-3-5-13(20)6-4-12/h3-6,9,14H,2,7-8,10-11H2,1H3,(H2,22,24)(H2,23,27)/t14-/m0/s1. The number of halogens is 2. The summed E-state index contributed by atoms with van der Waals surface area (Å²) in [6.07, 6.45) is 0.997. The van der Waals surface area contributed by atoms with Crippen LogP contribution in [0.15, 0.2) is 30.3 Å². The van der Waals surface area contributed by atoms with E-state index in [0.717, 1.165) is 37.6 Å². The summed E-state index contributed by atoms with van der Waals surface area (Å²) < 4.78 is 0. The van der Waals surface area contributed by atoms with Gasteiger partial charge in [0.1, 0.15) is 11.6 Å². The third kappa shape index (κ3) is 4.46. The van der Waals surface area contributed by atoms with Gasteiger partial charge >= 0.3 is 0 Å². The number of primary amides is 1. The van der Waals surface area contributed by atoms with E-state index < -0.39 is 5.91 Å². The highest BCUT2D eigenvalue weighted by atomic mass is 35.5. The van der Waals surface area contributed by atoms with Crippen molar-refractivity contribution in [2.24, 2.45) is 5.73 Å². The topological polar surface area (TPSA) is 88.5 Å². The van der Waals surface area contributed by atoms with Crippen LogP contribution in [0.25, 0.3) is 0 Å². The molecule has 0 saturated carbocycles. The summed E-state index contributed by atoms with van der Waals surface area (Å²) in [6, 6.07) is 9.81. The number of aromatic nitrogens is 1. The minimum Gasteiger partial charge on any atom is -0.383 e. The van der Waals surface area contributed by atoms with Gasteiger partial charge in [-0.05, 0) is 30.2 Å². The fraction of sp³-hybridized carbons (Fsp3) is 0.368. The van der Waals surface area contributed by atoms with Crippen LogP contribution in [0.5, 0.6) is 0 Å². The summed E-state index contributed by atoms with van der Waals surface area (Å²) >= 11 is 12.3. The van der Waals surface area contributed by atoms with E-state index in [9.17, 15) is 4.79 Å². The van der Waals surface area contributed by atoms with E-state index in [0.29, 0.717) is 16.9 Å². The Bertz CT molecular complexity index is 828. The fourth-order valence-corrected chi connectivity index (χ4v) is 3.81. The molecule has 1 fully saturated rings. The van der Waals surface area contributed by atoms with Gasteiger partial charge in [0.25, 0.3) is 5.91 Å². The zero-order valence-corrected chi connectivity index (χ0v) is 16.7. The molecular weight excluding hydrogens is 385 g/mol. The Balaban J connectivity index is 1.75. The van der Waals surface area contributed by atoms with Crippen LogP contribution in [0.2, 0.25) is 10.0 Å². The average molecular weight is 408 g/mol. The van der Waals surface area contributed by atoms with Crippen molar-refractivity contribution in [3.8, 4) is 0 Å². The molecule has 3 rings (SSSR count). The first kappa shape index (κ1) is 19.7. The molecule has 0 bridgehead atoms. The van der Waals surface area contributed by atoms with E-state index in [4.69, 9.17) is 34.7 Å². The number of nitrogen functional groups attached to an aromatic ring is 1. The molecule has 0 radical (unpaired) electrons. The Morgan fingerprint density at radius 3 is 2.59 bits per heavy atom. The van der Waals surface area contributed by atoms with Crippen molar-refractivity contribution < 1.29 is 4.79 Å². The maximum Gasteiger partial charge on any atom is 0.252 e. The number of pyridine rings is 1. The molecule has 1 aromatic heterocycles. The first-order valence-corrected chi connectivity index (χ1v) is 9.64. The molecule has 0 unspecified atom stereocenters. The molecular formula is C19H23Cl2N5O. The van der Waals surface area contributed by atoms with E-state index in [1.54, 1.807) is 0 Å². The highest BCUT2D eigenvalue weighted by molar-refractivity contribution is 6.33. The SMILES string of the molecule is CC[C@H]1CN(c2nc(N)c(C(N)=O)cc2Cl)CCN1Cc1ccc(Cl)cc1. The minimum atomic E-state index is -0.632. The monoisotopic (exact) mass is 407 g/mol. The molecule has 8 heteroatoms. The Labute approximate surface area is 169 Å². The van der Waals surface area contributed by atoms with Gasteiger partial charge in [-0.15, -0.1) is 0 Å². The largest absolute Gasteiger partial charge is 0.383 e. The van der Waals surface area contributed by atoms with E-state index >= 15 is 0 Å². The maximum atomic E-state index is 11.4. The number of hydrogen-bond acceptors (Lipinski definition) is 5. The predicted octanol–water partition coefficient (Wildman–Crippen LogP) is 3.17. The summed E-state index contributed by atoms with van der Waals surface area (Å²) in [7, 11) is 0. The number of carbonyl (C=O) groups excluding carboxylic acids is 1. The van der Waals surface area contributed by atoms with Gasteiger partial charge in [-0.3, -0.25) is 9.69 Å². The number of anilines is 2. The van der Waals surface area contributed by atoms with Crippen molar-refractivity contribution in [3.63, 3.8) is 0 Å². The van der Waals surface area contributed by atoms with Gasteiger partial charge in [-0.1, -0.05) is 42.3 Å². The lowest BCUT2D eigenvalue weighted by molar-refractivity contribution is 0.100. The third-order valence-electron chi connectivity index (χ3n) is 4.93. The van der Waals surface area contributed by atoms with E-state index in [-0.39, 0.29) is 11.4 Å². The van der Waals surface area contributed by atoms with E-state index in [2.05, 4.69) is 33.8 Å². The number of rotatable bonds is 5. The van der Waals surface area contributed by atoms with Crippen molar-refractivity contribution in [1.82, 2.24) is 9.88 Å². The maximum absolute atomic E-state index is 11.4. The second-order valence-corrected chi connectivity index (χ2v) is 7.54. The van der Waals surface area contributed by atoms with Crippen LogP contribution >= 0.6 is 23.2 Å². The molecule has 1 aliphatic rings. The van der Waals surface area contributed by atoms with Crippen LogP contribution in [0, 0.1) is 0 Å². The lowest BCUT2D eigenvalue weighted by Gasteiger charge is -2.42. The molecule has 4 N–H and O–H groups in total. The van der Waals surface area contributed by atoms with Gasteiger partial charge in [0.05, 0.1) is 10.6 Å². The van der Waals surface area contributed by atoms with E-state index in [1.807, 2.05) is 12.1 Å². The molecule has 1 atom stereocenters. The number of hydrogen-bond donors (Lipinski definition) is 2. The zero-order chi connectivity index (χ0) is 19.6. The Morgan fingerprint density at radius 2 is 1.96 bits per heavy atom. The molecule has 1 amide bonds. The number of nitrogens with zero attached hydrogens (tertiary/aromatic N) is 3. The molecule has 1 saturated heterocycles. The van der Waals surface area contributed by atoms with Gasteiger partial charge in [-0.25, -0.2) is 4.98 Å². The molecule has 0 spiro atoms. The second kappa shape index (κ2) is 8.33. The van der Waals surface area contributed by atoms with Gasteiger partial charge < -0.3 is 16.4 Å². The third-order valence-corrected chi connectivity index (χ3v) is 5.46. The molecule has 2 aromatic rings.